The van der Waals surface area contributed by atoms with Gasteiger partial charge in [0.2, 0.25) is 0 Å². The van der Waals surface area contributed by atoms with E-state index >= 15 is 0 Å². The van der Waals surface area contributed by atoms with Gasteiger partial charge in [-0.15, -0.1) is 0 Å². The van der Waals surface area contributed by atoms with Gasteiger partial charge in [-0.1, -0.05) is 42.5 Å². The van der Waals surface area contributed by atoms with Crippen molar-refractivity contribution in [3.05, 3.63) is 65.7 Å². The van der Waals surface area contributed by atoms with Gasteiger partial charge in [-0.05, 0) is 44.0 Å². The fourth-order valence-electron chi connectivity index (χ4n) is 4.41. The quantitative estimate of drug-likeness (QED) is 0.482. The number of carbonyl (C=O) groups is 3. The second-order valence-corrected chi connectivity index (χ2v) is 8.33. The van der Waals surface area contributed by atoms with Gasteiger partial charge in [-0.25, -0.2) is 0 Å². The van der Waals surface area contributed by atoms with Crippen LogP contribution in [0.25, 0.3) is 0 Å². The van der Waals surface area contributed by atoms with Crippen LogP contribution in [0, 0.1) is 11.8 Å². The van der Waals surface area contributed by atoms with Crippen molar-refractivity contribution in [3.8, 4) is 5.75 Å². The van der Waals surface area contributed by atoms with Gasteiger partial charge in [0, 0.05) is 12.3 Å². The van der Waals surface area contributed by atoms with Gasteiger partial charge < -0.3 is 19.3 Å². The predicted octanol–water partition coefficient (Wildman–Crippen LogP) is 3.43. The van der Waals surface area contributed by atoms with E-state index in [1.807, 2.05) is 30.3 Å². The molecule has 1 N–H and O–H groups in total. The van der Waals surface area contributed by atoms with E-state index in [0.717, 1.165) is 5.56 Å². The molecule has 33 heavy (non-hydrogen) atoms. The van der Waals surface area contributed by atoms with Crippen molar-refractivity contribution in [2.75, 3.05) is 13.2 Å². The molecule has 0 amide bonds. The van der Waals surface area contributed by atoms with Crippen molar-refractivity contribution in [2.24, 2.45) is 11.8 Å². The molecule has 176 valence electrons. The van der Waals surface area contributed by atoms with E-state index in [4.69, 9.17) is 14.2 Å². The number of esters is 2. The Morgan fingerprint density at radius 3 is 2.18 bits per heavy atom. The fourth-order valence-corrected chi connectivity index (χ4v) is 4.41. The molecule has 7 heteroatoms. The number of benzene rings is 2. The highest BCUT2D eigenvalue weighted by Gasteiger charge is 2.57. The first-order valence-electron chi connectivity index (χ1n) is 11.1. The lowest BCUT2D eigenvalue weighted by Gasteiger charge is -2.43. The number of aliphatic hydroxyl groups is 1. The lowest BCUT2D eigenvalue weighted by molar-refractivity contribution is -0.172. The van der Waals surface area contributed by atoms with E-state index in [1.54, 1.807) is 38.1 Å². The normalized spacial score (nSPS) is 24.7. The average molecular weight is 455 g/mol. The van der Waals surface area contributed by atoms with Crippen LogP contribution in [0.4, 0.5) is 0 Å². The Labute approximate surface area is 193 Å². The topological polar surface area (TPSA) is 99.1 Å². The van der Waals surface area contributed by atoms with Crippen molar-refractivity contribution in [3.63, 3.8) is 0 Å². The van der Waals surface area contributed by atoms with Crippen molar-refractivity contribution in [1.29, 1.82) is 0 Å². The van der Waals surface area contributed by atoms with Gasteiger partial charge in [-0.2, -0.15) is 0 Å². The van der Waals surface area contributed by atoms with E-state index in [1.165, 1.54) is 6.92 Å². The van der Waals surface area contributed by atoms with Gasteiger partial charge >= 0.3 is 11.9 Å². The minimum Gasteiger partial charge on any atom is -0.489 e. The van der Waals surface area contributed by atoms with Crippen molar-refractivity contribution < 1.29 is 33.7 Å². The Kier molecular flexibility index (Phi) is 7.87. The Morgan fingerprint density at radius 2 is 1.58 bits per heavy atom. The number of ketones is 1. The summed E-state index contributed by atoms with van der Waals surface area (Å²) in [5.74, 6) is -4.48. The third-order valence-electron chi connectivity index (χ3n) is 5.86. The van der Waals surface area contributed by atoms with Gasteiger partial charge in [0.15, 0.2) is 5.78 Å². The number of carbonyl (C=O) groups excluding carboxylic acids is 3. The highest BCUT2D eigenvalue weighted by atomic mass is 16.5. The van der Waals surface area contributed by atoms with Crippen LogP contribution in [0.3, 0.4) is 0 Å². The van der Waals surface area contributed by atoms with Gasteiger partial charge in [0.1, 0.15) is 18.3 Å². The molecule has 0 radical (unpaired) electrons. The molecule has 1 aliphatic carbocycles. The third-order valence-corrected chi connectivity index (χ3v) is 5.86. The zero-order valence-corrected chi connectivity index (χ0v) is 19.2. The summed E-state index contributed by atoms with van der Waals surface area (Å²) >= 11 is 0. The average Bonchev–Trinajstić information content (AvgIpc) is 2.78. The summed E-state index contributed by atoms with van der Waals surface area (Å²) in [6.07, 6.45) is -0.339. The third kappa shape index (κ3) is 5.60. The van der Waals surface area contributed by atoms with Crippen molar-refractivity contribution in [2.45, 2.75) is 45.3 Å². The van der Waals surface area contributed by atoms with Crippen molar-refractivity contribution in [1.82, 2.24) is 0 Å². The molecule has 1 fully saturated rings. The molecule has 0 spiro atoms. The summed E-state index contributed by atoms with van der Waals surface area (Å²) in [4.78, 5) is 38.6. The maximum atomic E-state index is 12.9. The van der Waals surface area contributed by atoms with E-state index in [-0.39, 0.29) is 19.6 Å². The van der Waals surface area contributed by atoms with Gasteiger partial charge in [-0.3, -0.25) is 14.4 Å². The molecule has 7 nitrogen and oxygen atoms in total. The number of Topliss-reactive ketones (excluding diaryl/α,β-unsaturated/α-hetero) is 1. The second kappa shape index (κ2) is 10.6. The molecular formula is C26H30O7. The highest BCUT2D eigenvalue weighted by molar-refractivity contribution is 6.02. The molecule has 0 heterocycles. The van der Waals surface area contributed by atoms with Crippen LogP contribution in [0.1, 0.15) is 44.2 Å². The highest BCUT2D eigenvalue weighted by Crippen LogP contribution is 2.47. The summed E-state index contributed by atoms with van der Waals surface area (Å²) in [5.41, 5.74) is -0.105. The minimum atomic E-state index is -1.67. The first-order chi connectivity index (χ1) is 15.8. The lowest BCUT2D eigenvalue weighted by atomic mass is 9.61. The van der Waals surface area contributed by atoms with Crippen LogP contribution in [0.2, 0.25) is 0 Å². The Bertz CT molecular complexity index is 966. The molecule has 2 aromatic carbocycles. The van der Waals surface area contributed by atoms with E-state index in [0.29, 0.717) is 17.9 Å². The molecule has 1 aliphatic rings. The summed E-state index contributed by atoms with van der Waals surface area (Å²) in [6.45, 7) is 5.34. The van der Waals surface area contributed by atoms with Crippen LogP contribution in [0.5, 0.6) is 5.75 Å². The van der Waals surface area contributed by atoms with E-state index in [2.05, 4.69) is 0 Å². The first kappa shape index (κ1) is 24.5. The number of ether oxygens (including phenoxy) is 3. The number of hydrogen-bond donors (Lipinski definition) is 1. The monoisotopic (exact) mass is 454 g/mol. The van der Waals surface area contributed by atoms with Gasteiger partial charge in [0.25, 0.3) is 0 Å². The number of rotatable bonds is 8. The van der Waals surface area contributed by atoms with Crippen LogP contribution in [-0.2, 0) is 30.5 Å². The summed E-state index contributed by atoms with van der Waals surface area (Å²) < 4.78 is 16.2. The van der Waals surface area contributed by atoms with E-state index < -0.39 is 41.1 Å². The summed E-state index contributed by atoms with van der Waals surface area (Å²) in [7, 11) is 0. The smallest absolute Gasteiger partial charge is 0.317 e. The van der Waals surface area contributed by atoms with Crippen molar-refractivity contribution >= 4 is 17.7 Å². The zero-order valence-electron chi connectivity index (χ0n) is 19.2. The molecule has 0 saturated heterocycles. The molecule has 1 saturated carbocycles. The Balaban J connectivity index is 1.94. The molecular weight excluding hydrogens is 424 g/mol. The molecule has 0 unspecified atom stereocenters. The number of hydrogen-bond acceptors (Lipinski definition) is 7. The molecule has 0 bridgehead atoms. The minimum absolute atomic E-state index is 0.0993. The molecule has 3 rings (SSSR count). The second-order valence-electron chi connectivity index (χ2n) is 8.33. The molecule has 4 atom stereocenters. The molecule has 0 aromatic heterocycles. The fraction of sp³-hybridized carbons (Fsp3) is 0.423. The van der Waals surface area contributed by atoms with E-state index in [9.17, 15) is 19.5 Å². The maximum Gasteiger partial charge on any atom is 0.317 e. The van der Waals surface area contributed by atoms with Crippen LogP contribution >= 0.6 is 0 Å². The summed E-state index contributed by atoms with van der Waals surface area (Å²) in [6, 6.07) is 16.6. The SMILES string of the molecule is CCOC(=O)[C@H]1C(=O)C[C@](C)(O)[C@@H](C(=O)OCC)[C@H]1c1ccc(OCc2ccccc2)cc1. The van der Waals surface area contributed by atoms with Crippen LogP contribution in [-0.4, -0.2) is 41.6 Å². The largest absolute Gasteiger partial charge is 0.489 e. The standard InChI is InChI=1S/C26H30O7/c1-4-31-24(28)22-20(27)15-26(3,30)23(25(29)32-5-2)21(22)18-11-13-19(14-12-18)33-16-17-9-7-6-8-10-17/h6-14,21-23,30H,4-5,15-16H2,1-3H3/t21-,22-,23+,26-/m0/s1. The maximum absolute atomic E-state index is 12.9. The molecule has 2 aromatic rings. The van der Waals surface area contributed by atoms with Crippen LogP contribution in [0.15, 0.2) is 54.6 Å². The zero-order chi connectivity index (χ0) is 24.0. The summed E-state index contributed by atoms with van der Waals surface area (Å²) in [5, 5.41) is 11.0. The Hall–Kier alpha value is -3.19. The predicted molar refractivity (Wildman–Crippen MR) is 120 cm³/mol. The Morgan fingerprint density at radius 1 is 0.970 bits per heavy atom. The van der Waals surface area contributed by atoms with Gasteiger partial charge in [0.05, 0.1) is 24.7 Å². The first-order valence-corrected chi connectivity index (χ1v) is 11.1. The lowest BCUT2D eigenvalue weighted by Crippen LogP contribution is -2.55. The molecule has 0 aliphatic heterocycles. The van der Waals surface area contributed by atoms with Crippen LogP contribution < -0.4 is 4.74 Å².